The molecule has 2 heterocycles. The first-order valence-corrected chi connectivity index (χ1v) is 9.09. The van der Waals surface area contributed by atoms with Crippen LogP contribution in [0.25, 0.3) is 0 Å². The van der Waals surface area contributed by atoms with Crippen molar-refractivity contribution in [2.45, 2.75) is 13.1 Å². The Balaban J connectivity index is 1.66. The largest absolute Gasteiger partial charge is 0.478 e. The summed E-state index contributed by atoms with van der Waals surface area (Å²) in [5.74, 6) is -1.18. The van der Waals surface area contributed by atoms with Crippen molar-refractivity contribution in [3.63, 3.8) is 0 Å². The molecule has 1 aromatic carbocycles. The Bertz CT molecular complexity index is 1020. The molecule has 0 fully saturated rings. The maximum absolute atomic E-state index is 12.1. The van der Waals surface area contributed by atoms with Crippen molar-refractivity contribution in [3.8, 4) is 0 Å². The number of aromatic nitrogens is 4. The molecule has 27 heavy (non-hydrogen) atoms. The van der Waals surface area contributed by atoms with Crippen LogP contribution in [0.5, 0.6) is 0 Å². The zero-order valence-electron chi connectivity index (χ0n) is 13.6. The van der Waals surface area contributed by atoms with Gasteiger partial charge in [-0.1, -0.05) is 29.3 Å². The number of halogens is 3. The molecule has 2 aromatic heterocycles. The fourth-order valence-electron chi connectivity index (χ4n) is 2.27. The summed E-state index contributed by atoms with van der Waals surface area (Å²) in [6, 6.07) is 5.19. The van der Waals surface area contributed by atoms with Gasteiger partial charge in [0.15, 0.2) is 5.82 Å². The van der Waals surface area contributed by atoms with Crippen LogP contribution >= 0.6 is 39.1 Å². The van der Waals surface area contributed by atoms with Crippen LogP contribution in [0.15, 0.2) is 41.3 Å². The molecule has 0 atom stereocenters. The predicted molar refractivity (Wildman–Crippen MR) is 103 cm³/mol. The smallest absolute Gasteiger partial charge is 0.338 e. The number of benzene rings is 1. The lowest BCUT2D eigenvalue weighted by Crippen LogP contribution is -2.19. The predicted octanol–water partition coefficient (Wildman–Crippen LogP) is 3.53. The number of carbonyl (C=O) groups excluding carboxylic acids is 1. The number of carbonyl (C=O) groups is 2. The second-order valence-electron chi connectivity index (χ2n) is 5.54. The molecule has 11 heteroatoms. The quantitative estimate of drug-likeness (QED) is 0.571. The van der Waals surface area contributed by atoms with Crippen LogP contribution < -0.4 is 5.32 Å². The third-order valence-corrected chi connectivity index (χ3v) is 4.68. The average molecular weight is 473 g/mol. The number of hydrogen-bond acceptors (Lipinski definition) is 4. The van der Waals surface area contributed by atoms with Gasteiger partial charge in [0.1, 0.15) is 6.54 Å². The van der Waals surface area contributed by atoms with E-state index in [-0.39, 0.29) is 12.1 Å². The summed E-state index contributed by atoms with van der Waals surface area (Å²) in [4.78, 5) is 23.0. The monoisotopic (exact) mass is 471 g/mol. The van der Waals surface area contributed by atoms with E-state index < -0.39 is 11.9 Å². The van der Waals surface area contributed by atoms with E-state index in [2.05, 4.69) is 31.4 Å². The zero-order chi connectivity index (χ0) is 19.6. The minimum Gasteiger partial charge on any atom is -0.478 e. The average Bonchev–Trinajstić information content (AvgIpc) is 3.17. The number of anilines is 1. The summed E-state index contributed by atoms with van der Waals surface area (Å²) >= 11 is 15.4. The molecule has 0 saturated heterocycles. The first-order chi connectivity index (χ1) is 12.8. The van der Waals surface area contributed by atoms with E-state index in [1.807, 2.05) is 0 Å². The standard InChI is InChI=1S/C16H12BrCl2N5O3/c17-12-7-24(5-9-1-2-11(18)3-13(9)19)22-15(12)21-14(25)8-23-6-10(4-20-23)16(26)27/h1-4,6-7H,5,8H2,(H,26,27)(H,21,22,25). The Hall–Kier alpha value is -2.36. The maximum atomic E-state index is 12.1. The fourth-order valence-corrected chi connectivity index (χ4v) is 3.15. The van der Waals surface area contributed by atoms with E-state index in [9.17, 15) is 9.59 Å². The van der Waals surface area contributed by atoms with Crippen LogP contribution in [0.4, 0.5) is 5.82 Å². The van der Waals surface area contributed by atoms with E-state index in [1.165, 1.54) is 17.1 Å². The highest BCUT2D eigenvalue weighted by molar-refractivity contribution is 9.10. The molecule has 8 nitrogen and oxygen atoms in total. The highest BCUT2D eigenvalue weighted by atomic mass is 79.9. The molecule has 0 aliphatic carbocycles. The molecule has 0 aliphatic rings. The van der Waals surface area contributed by atoms with Gasteiger partial charge in [0.2, 0.25) is 5.91 Å². The number of hydrogen-bond donors (Lipinski definition) is 2. The van der Waals surface area contributed by atoms with Crippen molar-refractivity contribution in [1.82, 2.24) is 19.6 Å². The van der Waals surface area contributed by atoms with Gasteiger partial charge in [0.25, 0.3) is 0 Å². The Kier molecular flexibility index (Phi) is 5.83. The van der Waals surface area contributed by atoms with Crippen molar-refractivity contribution in [2.24, 2.45) is 0 Å². The van der Waals surface area contributed by atoms with Crippen molar-refractivity contribution in [3.05, 3.63) is 62.4 Å². The summed E-state index contributed by atoms with van der Waals surface area (Å²) in [5.41, 5.74) is 0.833. The van der Waals surface area contributed by atoms with Gasteiger partial charge in [-0.05, 0) is 33.6 Å². The molecule has 0 saturated carbocycles. The Morgan fingerprint density at radius 3 is 2.67 bits per heavy atom. The second-order valence-corrected chi connectivity index (χ2v) is 7.24. The Labute approximate surface area is 171 Å². The summed E-state index contributed by atoms with van der Waals surface area (Å²) in [6.07, 6.45) is 4.16. The summed E-state index contributed by atoms with van der Waals surface area (Å²) < 4.78 is 3.44. The molecule has 0 spiro atoms. The van der Waals surface area contributed by atoms with Crippen LogP contribution in [0, 0.1) is 0 Å². The lowest BCUT2D eigenvalue weighted by Gasteiger charge is -2.05. The third-order valence-electron chi connectivity index (χ3n) is 3.51. The molecular weight excluding hydrogens is 461 g/mol. The van der Waals surface area contributed by atoms with Gasteiger partial charge in [-0.3, -0.25) is 14.2 Å². The molecule has 1 amide bonds. The van der Waals surface area contributed by atoms with E-state index in [0.29, 0.717) is 26.9 Å². The number of carboxylic acid groups (broad SMARTS) is 1. The van der Waals surface area contributed by atoms with Gasteiger partial charge in [-0.2, -0.15) is 10.2 Å². The molecule has 0 unspecified atom stereocenters. The van der Waals surface area contributed by atoms with Crippen LogP contribution in [0.2, 0.25) is 10.0 Å². The maximum Gasteiger partial charge on any atom is 0.338 e. The van der Waals surface area contributed by atoms with Crippen molar-refractivity contribution >= 4 is 56.8 Å². The van der Waals surface area contributed by atoms with Crippen molar-refractivity contribution in [1.29, 1.82) is 0 Å². The number of amides is 1. The number of aromatic carboxylic acids is 1. The molecule has 0 radical (unpaired) electrons. The van der Waals surface area contributed by atoms with Gasteiger partial charge >= 0.3 is 5.97 Å². The highest BCUT2D eigenvalue weighted by Crippen LogP contribution is 2.24. The summed E-state index contributed by atoms with van der Waals surface area (Å²) in [5, 5.41) is 20.7. The van der Waals surface area contributed by atoms with E-state index in [0.717, 1.165) is 5.56 Å². The summed E-state index contributed by atoms with van der Waals surface area (Å²) in [7, 11) is 0. The minimum atomic E-state index is -1.11. The van der Waals surface area contributed by atoms with Crippen LogP contribution in [-0.4, -0.2) is 36.5 Å². The van der Waals surface area contributed by atoms with Crippen molar-refractivity contribution in [2.75, 3.05) is 5.32 Å². The van der Waals surface area contributed by atoms with Gasteiger partial charge in [0.05, 0.1) is 22.8 Å². The summed E-state index contributed by atoms with van der Waals surface area (Å²) in [6.45, 7) is 0.251. The molecule has 3 aromatic rings. The number of carboxylic acids is 1. The van der Waals surface area contributed by atoms with Crippen LogP contribution in [-0.2, 0) is 17.9 Å². The van der Waals surface area contributed by atoms with E-state index >= 15 is 0 Å². The van der Waals surface area contributed by atoms with E-state index in [1.54, 1.807) is 29.1 Å². The van der Waals surface area contributed by atoms with Crippen LogP contribution in [0.1, 0.15) is 15.9 Å². The number of nitrogens with one attached hydrogen (secondary N) is 1. The van der Waals surface area contributed by atoms with Crippen molar-refractivity contribution < 1.29 is 14.7 Å². The van der Waals surface area contributed by atoms with Gasteiger partial charge in [0, 0.05) is 22.4 Å². The first kappa shape index (κ1) is 19.4. The highest BCUT2D eigenvalue weighted by Gasteiger charge is 2.13. The van der Waals surface area contributed by atoms with Gasteiger partial charge < -0.3 is 10.4 Å². The molecule has 3 rings (SSSR count). The Morgan fingerprint density at radius 2 is 2.00 bits per heavy atom. The molecule has 2 N–H and O–H groups in total. The normalized spacial score (nSPS) is 10.8. The van der Waals surface area contributed by atoms with Crippen LogP contribution in [0.3, 0.4) is 0 Å². The van der Waals surface area contributed by atoms with Gasteiger partial charge in [-0.25, -0.2) is 4.79 Å². The lowest BCUT2D eigenvalue weighted by atomic mass is 10.2. The number of rotatable bonds is 6. The SMILES string of the molecule is O=C(Cn1cc(C(=O)O)cn1)Nc1nn(Cc2ccc(Cl)cc2Cl)cc1Br. The molecule has 0 aliphatic heterocycles. The number of nitrogens with zero attached hydrogens (tertiary/aromatic N) is 4. The van der Waals surface area contributed by atoms with E-state index in [4.69, 9.17) is 28.3 Å². The topological polar surface area (TPSA) is 102 Å². The Morgan fingerprint density at radius 1 is 1.22 bits per heavy atom. The van der Waals surface area contributed by atoms with Gasteiger partial charge in [-0.15, -0.1) is 0 Å². The lowest BCUT2D eigenvalue weighted by molar-refractivity contribution is -0.116. The third kappa shape index (κ3) is 4.88. The molecule has 140 valence electrons. The fraction of sp³-hybridized carbons (Fsp3) is 0.125. The second kappa shape index (κ2) is 8.12. The molecular formula is C16H12BrCl2N5O3. The zero-order valence-corrected chi connectivity index (χ0v) is 16.7. The minimum absolute atomic E-state index is 0.00750. The molecule has 0 bridgehead atoms. The first-order valence-electron chi connectivity index (χ1n) is 7.54.